The summed E-state index contributed by atoms with van der Waals surface area (Å²) in [4.78, 5) is 10.3. The van der Waals surface area contributed by atoms with Gasteiger partial charge in [0.2, 0.25) is 0 Å². The van der Waals surface area contributed by atoms with Crippen LogP contribution in [0.2, 0.25) is 5.02 Å². The number of hydrogen-bond donors (Lipinski definition) is 2. The van der Waals surface area contributed by atoms with Gasteiger partial charge >= 0.3 is 5.97 Å². The first-order valence-electron chi connectivity index (χ1n) is 3.85. The molecule has 1 rings (SSSR count). The lowest BCUT2D eigenvalue weighted by molar-refractivity contribution is -0.139. The number of aliphatic hydroxyl groups is 1. The Labute approximate surface area is 84.7 Å². The van der Waals surface area contributed by atoms with E-state index in [1.165, 1.54) is 6.07 Å². The molecule has 0 radical (unpaired) electrons. The Kier molecular flexibility index (Phi) is 3.43. The first-order valence-corrected chi connectivity index (χ1v) is 4.23. The van der Waals surface area contributed by atoms with Gasteiger partial charge in [-0.05, 0) is 17.7 Å². The summed E-state index contributed by atoms with van der Waals surface area (Å²) >= 11 is 5.61. The smallest absolute Gasteiger partial charge is 0.306 e. The van der Waals surface area contributed by atoms with Crippen LogP contribution in [0.3, 0.4) is 0 Å². The number of rotatable bonds is 3. The molecular formula is C9H8ClFO3. The summed E-state index contributed by atoms with van der Waals surface area (Å²) in [7, 11) is 0. The van der Waals surface area contributed by atoms with E-state index in [0.717, 1.165) is 12.1 Å². The third-order valence-electron chi connectivity index (χ3n) is 1.69. The third kappa shape index (κ3) is 2.68. The van der Waals surface area contributed by atoms with Crippen LogP contribution >= 0.6 is 11.6 Å². The van der Waals surface area contributed by atoms with Gasteiger partial charge in [0.05, 0.1) is 12.5 Å². The molecule has 5 heteroatoms. The molecule has 0 bridgehead atoms. The lowest BCUT2D eigenvalue weighted by atomic mass is 10.1. The van der Waals surface area contributed by atoms with Gasteiger partial charge in [-0.25, -0.2) is 4.39 Å². The Bertz CT molecular complexity index is 354. The van der Waals surface area contributed by atoms with Gasteiger partial charge in [0, 0.05) is 5.02 Å². The lowest BCUT2D eigenvalue weighted by Gasteiger charge is -2.09. The van der Waals surface area contributed by atoms with E-state index in [2.05, 4.69) is 0 Å². The van der Waals surface area contributed by atoms with Crippen molar-refractivity contribution in [2.24, 2.45) is 0 Å². The molecule has 76 valence electrons. The summed E-state index contributed by atoms with van der Waals surface area (Å²) in [5.41, 5.74) is 0.218. The van der Waals surface area contributed by atoms with Crippen molar-refractivity contribution in [3.63, 3.8) is 0 Å². The summed E-state index contributed by atoms with van der Waals surface area (Å²) in [5.74, 6) is -1.67. The van der Waals surface area contributed by atoms with E-state index < -0.39 is 24.3 Å². The van der Waals surface area contributed by atoms with E-state index in [1.807, 2.05) is 0 Å². The number of carboxylic acids is 1. The Hall–Kier alpha value is -1.13. The van der Waals surface area contributed by atoms with Gasteiger partial charge in [0.1, 0.15) is 5.82 Å². The van der Waals surface area contributed by atoms with Crippen LogP contribution in [-0.2, 0) is 4.79 Å². The number of carboxylic acid groups (broad SMARTS) is 1. The summed E-state index contributed by atoms with van der Waals surface area (Å²) < 4.78 is 12.6. The number of hydrogen-bond acceptors (Lipinski definition) is 2. The molecule has 2 N–H and O–H groups in total. The average molecular weight is 219 g/mol. The predicted molar refractivity (Wildman–Crippen MR) is 48.6 cm³/mol. The highest BCUT2D eigenvalue weighted by Gasteiger charge is 2.15. The fourth-order valence-corrected chi connectivity index (χ4v) is 1.34. The lowest BCUT2D eigenvalue weighted by Crippen LogP contribution is -2.06. The molecule has 0 fully saturated rings. The Morgan fingerprint density at radius 2 is 2.21 bits per heavy atom. The maximum Gasteiger partial charge on any atom is 0.306 e. The fraction of sp³-hybridized carbons (Fsp3) is 0.222. The number of aliphatic hydroxyl groups excluding tert-OH is 1. The van der Waals surface area contributed by atoms with Gasteiger partial charge in [-0.2, -0.15) is 0 Å². The van der Waals surface area contributed by atoms with E-state index in [1.54, 1.807) is 0 Å². The molecule has 0 aromatic heterocycles. The van der Waals surface area contributed by atoms with Crippen molar-refractivity contribution in [2.45, 2.75) is 12.5 Å². The van der Waals surface area contributed by atoms with Gasteiger partial charge in [0.15, 0.2) is 0 Å². The van der Waals surface area contributed by atoms with Crippen molar-refractivity contribution >= 4 is 17.6 Å². The largest absolute Gasteiger partial charge is 0.481 e. The second-order valence-corrected chi connectivity index (χ2v) is 3.19. The monoisotopic (exact) mass is 218 g/mol. The maximum atomic E-state index is 12.6. The summed E-state index contributed by atoms with van der Waals surface area (Å²) in [5, 5.41) is 17.8. The minimum atomic E-state index is -1.21. The minimum absolute atomic E-state index is 0.0266. The standard InChI is InChI=1S/C9H8ClFO3/c10-7-3-5(11)1-2-6(7)8(12)4-9(13)14/h1-3,8,12H,4H2,(H,13,14)/t8-/m0/s1. The topological polar surface area (TPSA) is 57.5 Å². The Morgan fingerprint density at radius 3 is 2.71 bits per heavy atom. The quantitative estimate of drug-likeness (QED) is 0.816. The van der Waals surface area contributed by atoms with Crippen LogP contribution in [0.15, 0.2) is 18.2 Å². The molecule has 0 unspecified atom stereocenters. The van der Waals surface area contributed by atoms with Crippen LogP contribution < -0.4 is 0 Å². The molecule has 0 aliphatic heterocycles. The van der Waals surface area contributed by atoms with Crippen LogP contribution in [-0.4, -0.2) is 16.2 Å². The Balaban J connectivity index is 2.90. The highest BCUT2D eigenvalue weighted by Crippen LogP contribution is 2.25. The number of halogens is 2. The zero-order valence-corrected chi connectivity index (χ0v) is 7.83. The maximum absolute atomic E-state index is 12.6. The van der Waals surface area contributed by atoms with E-state index in [0.29, 0.717) is 0 Å². The summed E-state index contributed by atoms with van der Waals surface area (Å²) in [6.07, 6.45) is -1.66. The molecule has 3 nitrogen and oxygen atoms in total. The normalized spacial score (nSPS) is 12.5. The predicted octanol–water partition coefficient (Wildman–Crippen LogP) is 1.99. The fourth-order valence-electron chi connectivity index (χ4n) is 1.05. The van der Waals surface area contributed by atoms with Crippen molar-refractivity contribution in [1.82, 2.24) is 0 Å². The van der Waals surface area contributed by atoms with Gasteiger partial charge < -0.3 is 10.2 Å². The molecule has 0 aliphatic rings. The average Bonchev–Trinajstić information content (AvgIpc) is 2.01. The minimum Gasteiger partial charge on any atom is -0.481 e. The van der Waals surface area contributed by atoms with Crippen molar-refractivity contribution in [3.05, 3.63) is 34.6 Å². The number of aliphatic carboxylic acids is 1. The van der Waals surface area contributed by atoms with E-state index >= 15 is 0 Å². The van der Waals surface area contributed by atoms with E-state index in [4.69, 9.17) is 16.7 Å². The van der Waals surface area contributed by atoms with Crippen molar-refractivity contribution in [1.29, 1.82) is 0 Å². The van der Waals surface area contributed by atoms with E-state index in [-0.39, 0.29) is 10.6 Å². The zero-order valence-electron chi connectivity index (χ0n) is 7.08. The zero-order chi connectivity index (χ0) is 10.7. The van der Waals surface area contributed by atoms with Crippen LogP contribution in [0, 0.1) is 5.82 Å². The number of benzene rings is 1. The van der Waals surface area contributed by atoms with Gasteiger partial charge in [-0.3, -0.25) is 4.79 Å². The molecule has 1 atom stereocenters. The summed E-state index contributed by atoms with van der Waals surface area (Å²) in [6.45, 7) is 0. The van der Waals surface area contributed by atoms with Crippen molar-refractivity contribution in [3.8, 4) is 0 Å². The second-order valence-electron chi connectivity index (χ2n) is 2.78. The van der Waals surface area contributed by atoms with Gasteiger partial charge in [-0.15, -0.1) is 0 Å². The first-order chi connectivity index (χ1) is 6.50. The van der Waals surface area contributed by atoms with Crippen molar-refractivity contribution < 1.29 is 19.4 Å². The highest BCUT2D eigenvalue weighted by molar-refractivity contribution is 6.31. The number of carbonyl (C=O) groups is 1. The molecule has 14 heavy (non-hydrogen) atoms. The molecule has 1 aromatic carbocycles. The van der Waals surface area contributed by atoms with Gasteiger partial charge in [-0.1, -0.05) is 17.7 Å². The van der Waals surface area contributed by atoms with Crippen molar-refractivity contribution in [2.75, 3.05) is 0 Å². The molecular weight excluding hydrogens is 211 g/mol. The molecule has 0 spiro atoms. The molecule has 0 aliphatic carbocycles. The van der Waals surface area contributed by atoms with Gasteiger partial charge in [0.25, 0.3) is 0 Å². The van der Waals surface area contributed by atoms with Crippen LogP contribution in [0.4, 0.5) is 4.39 Å². The summed E-state index contributed by atoms with van der Waals surface area (Å²) in [6, 6.07) is 3.42. The molecule has 1 aromatic rings. The molecule has 0 saturated carbocycles. The SMILES string of the molecule is O=C(O)C[C@H](O)c1ccc(F)cc1Cl. The van der Waals surface area contributed by atoms with E-state index in [9.17, 15) is 14.3 Å². The van der Waals surface area contributed by atoms with Crippen LogP contribution in [0.5, 0.6) is 0 Å². The second kappa shape index (κ2) is 4.39. The molecule has 0 saturated heterocycles. The Morgan fingerprint density at radius 1 is 1.57 bits per heavy atom. The van der Waals surface area contributed by atoms with Crippen LogP contribution in [0.1, 0.15) is 18.1 Å². The molecule has 0 amide bonds. The van der Waals surface area contributed by atoms with Crippen LogP contribution in [0.25, 0.3) is 0 Å². The third-order valence-corrected chi connectivity index (χ3v) is 2.02. The first kappa shape index (κ1) is 10.9. The molecule has 0 heterocycles. The highest BCUT2D eigenvalue weighted by atomic mass is 35.5.